The Kier molecular flexibility index (Phi) is 5.92. The lowest BCUT2D eigenvalue weighted by atomic mass is 9.99. The van der Waals surface area contributed by atoms with Gasteiger partial charge in [0.15, 0.2) is 0 Å². The summed E-state index contributed by atoms with van der Waals surface area (Å²) in [7, 11) is 0. The van der Waals surface area contributed by atoms with Crippen LogP contribution in [0.1, 0.15) is 25.7 Å². The van der Waals surface area contributed by atoms with Crippen molar-refractivity contribution in [3.8, 4) is 11.5 Å². The Bertz CT molecular complexity index is 1270. The highest BCUT2D eigenvalue weighted by Gasteiger charge is 2.20. The molecule has 4 aromatic rings. The number of carbonyl (C=O) groups is 1. The molecule has 1 amide bonds. The van der Waals surface area contributed by atoms with Crippen LogP contribution >= 0.6 is 0 Å². The first-order valence-electron chi connectivity index (χ1n) is 11.2. The third-order valence-corrected chi connectivity index (χ3v) is 6.18. The van der Waals surface area contributed by atoms with Crippen LogP contribution in [0, 0.1) is 11.7 Å². The van der Waals surface area contributed by atoms with Gasteiger partial charge in [0.2, 0.25) is 17.7 Å². The third kappa shape index (κ3) is 4.66. The summed E-state index contributed by atoms with van der Waals surface area (Å²) in [5.41, 5.74) is 1.80. The van der Waals surface area contributed by atoms with E-state index in [0.29, 0.717) is 18.3 Å². The van der Waals surface area contributed by atoms with Crippen molar-refractivity contribution in [1.82, 2.24) is 19.7 Å². The zero-order chi connectivity index (χ0) is 22.8. The van der Waals surface area contributed by atoms with Gasteiger partial charge in [-0.15, -0.1) is 10.2 Å². The van der Waals surface area contributed by atoms with Crippen LogP contribution in [0.3, 0.4) is 0 Å². The van der Waals surface area contributed by atoms with E-state index in [9.17, 15) is 9.18 Å². The van der Waals surface area contributed by atoms with E-state index in [1.165, 1.54) is 25.0 Å². The number of hydrogen-bond donors (Lipinski definition) is 1. The van der Waals surface area contributed by atoms with Gasteiger partial charge in [-0.2, -0.15) is 0 Å². The maximum absolute atomic E-state index is 13.9. The average molecular weight is 448 g/mol. The van der Waals surface area contributed by atoms with E-state index >= 15 is 0 Å². The number of halogens is 1. The SMILES string of the molecule is CC1CCN(Cc2nnc(-c3cn(CC(=O)Nc4ccccc4F)c4ccccc34)o2)CC1. The lowest BCUT2D eigenvalue weighted by molar-refractivity contribution is -0.116. The number of likely N-dealkylation sites (tertiary alicyclic amines) is 1. The van der Waals surface area contributed by atoms with Gasteiger partial charge in [-0.05, 0) is 50.0 Å². The molecule has 33 heavy (non-hydrogen) atoms. The predicted octanol–water partition coefficient (Wildman–Crippen LogP) is 4.70. The number of rotatable bonds is 6. The number of benzene rings is 2. The summed E-state index contributed by atoms with van der Waals surface area (Å²) in [6.07, 6.45) is 4.21. The molecule has 8 heteroatoms. The van der Waals surface area contributed by atoms with Gasteiger partial charge in [0.1, 0.15) is 12.4 Å². The predicted molar refractivity (Wildman–Crippen MR) is 124 cm³/mol. The number of anilines is 1. The first kappa shape index (κ1) is 21.3. The van der Waals surface area contributed by atoms with Crippen molar-refractivity contribution >= 4 is 22.5 Å². The Hall–Kier alpha value is -3.52. The van der Waals surface area contributed by atoms with Crippen molar-refractivity contribution in [2.45, 2.75) is 32.9 Å². The number of aromatic nitrogens is 3. The summed E-state index contributed by atoms with van der Waals surface area (Å²) < 4.78 is 21.7. The van der Waals surface area contributed by atoms with Crippen LogP contribution in [0.2, 0.25) is 0 Å². The van der Waals surface area contributed by atoms with Gasteiger partial charge in [-0.3, -0.25) is 9.69 Å². The minimum atomic E-state index is -0.467. The molecule has 0 unspecified atom stereocenters. The van der Waals surface area contributed by atoms with Crippen LogP contribution < -0.4 is 5.32 Å². The van der Waals surface area contributed by atoms with Crippen LogP contribution in [0.5, 0.6) is 0 Å². The van der Waals surface area contributed by atoms with Crippen molar-refractivity contribution in [2.24, 2.45) is 5.92 Å². The van der Waals surface area contributed by atoms with Gasteiger partial charge in [0, 0.05) is 17.1 Å². The molecule has 1 aliphatic rings. The van der Waals surface area contributed by atoms with Crippen LogP contribution in [0.25, 0.3) is 22.4 Å². The van der Waals surface area contributed by atoms with Crippen molar-refractivity contribution in [2.75, 3.05) is 18.4 Å². The fourth-order valence-electron chi connectivity index (χ4n) is 4.29. The average Bonchev–Trinajstić information content (AvgIpc) is 3.42. The Morgan fingerprint density at radius 1 is 1.12 bits per heavy atom. The number of hydrogen-bond acceptors (Lipinski definition) is 5. The van der Waals surface area contributed by atoms with Gasteiger partial charge in [0.05, 0.1) is 17.8 Å². The highest BCUT2D eigenvalue weighted by molar-refractivity contribution is 5.96. The van der Waals surface area contributed by atoms with Gasteiger partial charge in [-0.1, -0.05) is 37.3 Å². The fourth-order valence-corrected chi connectivity index (χ4v) is 4.29. The lowest BCUT2D eigenvalue weighted by Crippen LogP contribution is -2.32. The molecule has 0 radical (unpaired) electrons. The lowest BCUT2D eigenvalue weighted by Gasteiger charge is -2.28. The Morgan fingerprint density at radius 3 is 2.70 bits per heavy atom. The summed E-state index contributed by atoms with van der Waals surface area (Å²) in [5, 5.41) is 12.1. The van der Waals surface area contributed by atoms with Crippen LogP contribution in [-0.2, 0) is 17.9 Å². The maximum Gasteiger partial charge on any atom is 0.249 e. The largest absolute Gasteiger partial charge is 0.419 e. The molecule has 1 aliphatic heterocycles. The summed E-state index contributed by atoms with van der Waals surface area (Å²) >= 11 is 0. The molecular weight excluding hydrogens is 421 g/mol. The summed E-state index contributed by atoms with van der Waals surface area (Å²) in [6, 6.07) is 13.9. The smallest absolute Gasteiger partial charge is 0.249 e. The zero-order valence-electron chi connectivity index (χ0n) is 18.5. The maximum atomic E-state index is 13.9. The molecule has 0 aliphatic carbocycles. The molecule has 3 heterocycles. The number of carbonyl (C=O) groups excluding carboxylic acids is 1. The quantitative estimate of drug-likeness (QED) is 0.464. The van der Waals surface area contributed by atoms with Gasteiger partial charge >= 0.3 is 0 Å². The molecular formula is C25H26FN5O2. The van der Waals surface area contributed by atoms with E-state index < -0.39 is 5.82 Å². The van der Waals surface area contributed by atoms with Gasteiger partial charge < -0.3 is 14.3 Å². The van der Waals surface area contributed by atoms with Crippen molar-refractivity contribution in [3.05, 3.63) is 66.4 Å². The molecule has 0 atom stereocenters. The second-order valence-corrected chi connectivity index (χ2v) is 8.68. The summed E-state index contributed by atoms with van der Waals surface area (Å²) in [5.74, 6) is 0.998. The molecule has 2 aromatic heterocycles. The number of nitrogens with zero attached hydrogens (tertiary/aromatic N) is 4. The fraction of sp³-hybridized carbons (Fsp3) is 0.320. The highest BCUT2D eigenvalue weighted by atomic mass is 19.1. The van der Waals surface area contributed by atoms with Crippen molar-refractivity contribution in [3.63, 3.8) is 0 Å². The molecule has 1 fully saturated rings. The topological polar surface area (TPSA) is 76.2 Å². The Balaban J connectivity index is 1.36. The molecule has 7 nitrogen and oxygen atoms in total. The second kappa shape index (κ2) is 9.15. The normalized spacial score (nSPS) is 15.2. The Morgan fingerprint density at radius 2 is 1.88 bits per heavy atom. The highest BCUT2D eigenvalue weighted by Crippen LogP contribution is 2.30. The van der Waals surface area contributed by atoms with E-state index in [-0.39, 0.29) is 18.1 Å². The van der Waals surface area contributed by atoms with E-state index in [4.69, 9.17) is 4.42 Å². The molecule has 170 valence electrons. The Labute approximate surface area is 191 Å². The molecule has 2 aromatic carbocycles. The standard InChI is InChI=1S/C25H26FN5O2/c1-17-10-12-30(13-11-17)16-24-28-29-25(33-24)19-14-31(22-9-5-2-6-18(19)22)15-23(32)27-21-8-4-3-7-20(21)26/h2-9,14,17H,10-13,15-16H2,1H3,(H,27,32). The molecule has 5 rings (SSSR count). The van der Waals surface area contributed by atoms with Crippen molar-refractivity contribution < 1.29 is 13.6 Å². The van der Waals surface area contributed by atoms with Gasteiger partial charge in [-0.25, -0.2) is 4.39 Å². The molecule has 1 N–H and O–H groups in total. The number of nitrogens with one attached hydrogen (secondary N) is 1. The number of para-hydroxylation sites is 2. The minimum Gasteiger partial charge on any atom is -0.419 e. The van der Waals surface area contributed by atoms with E-state index in [1.54, 1.807) is 12.1 Å². The van der Waals surface area contributed by atoms with E-state index in [1.807, 2.05) is 35.0 Å². The molecule has 1 saturated heterocycles. The van der Waals surface area contributed by atoms with Crippen molar-refractivity contribution in [1.29, 1.82) is 0 Å². The first-order valence-corrected chi connectivity index (χ1v) is 11.2. The molecule has 0 bridgehead atoms. The van der Waals surface area contributed by atoms with Gasteiger partial charge in [0.25, 0.3) is 0 Å². The zero-order valence-corrected chi connectivity index (χ0v) is 18.5. The first-order chi connectivity index (χ1) is 16.1. The van der Waals surface area contributed by atoms with E-state index in [2.05, 4.69) is 27.3 Å². The minimum absolute atomic E-state index is 0.0296. The molecule has 0 saturated carbocycles. The van der Waals surface area contributed by atoms with Crippen LogP contribution in [0.4, 0.5) is 10.1 Å². The second-order valence-electron chi connectivity index (χ2n) is 8.68. The number of fused-ring (bicyclic) bond motifs is 1. The molecule has 0 spiro atoms. The van der Waals surface area contributed by atoms with Crippen LogP contribution in [-0.4, -0.2) is 38.7 Å². The third-order valence-electron chi connectivity index (χ3n) is 6.18. The number of piperidine rings is 1. The van der Waals surface area contributed by atoms with E-state index in [0.717, 1.165) is 35.5 Å². The monoisotopic (exact) mass is 447 g/mol. The number of amides is 1. The van der Waals surface area contributed by atoms with Crippen LogP contribution in [0.15, 0.2) is 59.1 Å². The summed E-state index contributed by atoms with van der Waals surface area (Å²) in [4.78, 5) is 15.0. The summed E-state index contributed by atoms with van der Waals surface area (Å²) in [6.45, 7) is 5.03.